The number of benzene rings is 2. The highest BCUT2D eigenvalue weighted by Gasteiger charge is 2.22. The smallest absolute Gasteiger partial charge is 0.255 e. The van der Waals surface area contributed by atoms with Gasteiger partial charge in [-0.25, -0.2) is 4.39 Å². The molecular weight excluding hydrogens is 362 g/mol. The second-order valence-electron chi connectivity index (χ2n) is 6.10. The highest BCUT2D eigenvalue weighted by molar-refractivity contribution is 6.33. The highest BCUT2D eigenvalue weighted by Crippen LogP contribution is 2.22. The minimum absolute atomic E-state index is 0.0589. The van der Waals surface area contributed by atoms with Crippen LogP contribution in [0, 0.1) is 5.82 Å². The minimum atomic E-state index is -0.291. The number of hydrogen-bond donors (Lipinski definition) is 0. The summed E-state index contributed by atoms with van der Waals surface area (Å²) < 4.78 is 14.0. The summed E-state index contributed by atoms with van der Waals surface area (Å²) in [6, 6.07) is 11.8. The van der Waals surface area contributed by atoms with Crippen LogP contribution in [0.2, 0.25) is 10.0 Å². The van der Waals surface area contributed by atoms with Crippen LogP contribution in [0.5, 0.6) is 0 Å². The molecule has 2 aromatic rings. The van der Waals surface area contributed by atoms with Gasteiger partial charge in [0.25, 0.3) is 5.91 Å². The number of halogens is 3. The normalized spacial score (nSPS) is 15.9. The van der Waals surface area contributed by atoms with Crippen LogP contribution in [-0.2, 0) is 6.54 Å². The zero-order chi connectivity index (χ0) is 17.8. The Balaban J connectivity index is 1.66. The molecule has 0 aromatic heterocycles. The number of carbonyl (C=O) groups is 1. The van der Waals surface area contributed by atoms with Gasteiger partial charge < -0.3 is 4.90 Å². The summed E-state index contributed by atoms with van der Waals surface area (Å²) in [6.07, 6.45) is 0.822. The van der Waals surface area contributed by atoms with Crippen LogP contribution in [-0.4, -0.2) is 41.9 Å². The summed E-state index contributed by atoms with van der Waals surface area (Å²) in [7, 11) is 0. The van der Waals surface area contributed by atoms with E-state index in [0.29, 0.717) is 47.4 Å². The van der Waals surface area contributed by atoms with Gasteiger partial charge >= 0.3 is 0 Å². The lowest BCUT2D eigenvalue weighted by atomic mass is 10.2. The van der Waals surface area contributed by atoms with Crippen LogP contribution >= 0.6 is 23.2 Å². The van der Waals surface area contributed by atoms with E-state index in [1.807, 2.05) is 11.0 Å². The molecule has 1 aliphatic rings. The predicted octanol–water partition coefficient (Wildman–Crippen LogP) is 4.48. The van der Waals surface area contributed by atoms with E-state index in [-0.39, 0.29) is 11.7 Å². The minimum Gasteiger partial charge on any atom is -0.337 e. The van der Waals surface area contributed by atoms with Gasteiger partial charge in [-0.2, -0.15) is 0 Å². The Morgan fingerprint density at radius 2 is 1.72 bits per heavy atom. The SMILES string of the molecule is O=C(c1ccccc1Cl)N1CCCN(Cc2c(F)cccc2Cl)CC1. The maximum atomic E-state index is 14.0. The first-order valence-corrected chi connectivity index (χ1v) is 9.01. The zero-order valence-electron chi connectivity index (χ0n) is 13.7. The molecule has 132 valence electrons. The van der Waals surface area contributed by atoms with Crippen molar-refractivity contribution in [3.8, 4) is 0 Å². The zero-order valence-corrected chi connectivity index (χ0v) is 15.2. The summed E-state index contributed by atoms with van der Waals surface area (Å²) in [5, 5.41) is 0.903. The van der Waals surface area contributed by atoms with Crippen molar-refractivity contribution in [2.75, 3.05) is 26.2 Å². The van der Waals surface area contributed by atoms with Gasteiger partial charge in [-0.1, -0.05) is 41.4 Å². The first kappa shape index (κ1) is 18.2. The van der Waals surface area contributed by atoms with E-state index >= 15 is 0 Å². The van der Waals surface area contributed by atoms with Gasteiger partial charge in [0.2, 0.25) is 0 Å². The Bertz CT molecular complexity index is 749. The summed E-state index contributed by atoms with van der Waals surface area (Å²) >= 11 is 12.3. The van der Waals surface area contributed by atoms with E-state index in [4.69, 9.17) is 23.2 Å². The first-order valence-electron chi connectivity index (χ1n) is 8.25. The average Bonchev–Trinajstić information content (AvgIpc) is 2.84. The largest absolute Gasteiger partial charge is 0.337 e. The third-order valence-corrected chi connectivity index (χ3v) is 5.11. The number of amides is 1. The maximum Gasteiger partial charge on any atom is 0.255 e. The van der Waals surface area contributed by atoms with Crippen molar-refractivity contribution in [2.45, 2.75) is 13.0 Å². The van der Waals surface area contributed by atoms with Crippen LogP contribution in [0.15, 0.2) is 42.5 Å². The Hall–Kier alpha value is -1.62. The van der Waals surface area contributed by atoms with Crippen LogP contribution < -0.4 is 0 Å². The molecule has 0 N–H and O–H groups in total. The fourth-order valence-electron chi connectivity index (χ4n) is 3.04. The van der Waals surface area contributed by atoms with Gasteiger partial charge in [0.1, 0.15) is 5.82 Å². The van der Waals surface area contributed by atoms with Crippen molar-refractivity contribution in [3.05, 3.63) is 69.5 Å². The quantitative estimate of drug-likeness (QED) is 0.783. The van der Waals surface area contributed by atoms with Gasteiger partial charge in [0, 0.05) is 43.3 Å². The van der Waals surface area contributed by atoms with Crippen molar-refractivity contribution in [1.29, 1.82) is 0 Å². The predicted molar refractivity (Wildman–Crippen MR) is 98.7 cm³/mol. The Morgan fingerprint density at radius 1 is 0.960 bits per heavy atom. The van der Waals surface area contributed by atoms with Crippen molar-refractivity contribution < 1.29 is 9.18 Å². The molecule has 3 rings (SSSR count). The van der Waals surface area contributed by atoms with E-state index in [9.17, 15) is 9.18 Å². The Morgan fingerprint density at radius 3 is 2.48 bits per heavy atom. The second kappa shape index (κ2) is 8.17. The molecule has 2 aromatic carbocycles. The maximum absolute atomic E-state index is 14.0. The van der Waals surface area contributed by atoms with Crippen LogP contribution in [0.1, 0.15) is 22.3 Å². The van der Waals surface area contributed by atoms with Gasteiger partial charge in [-0.3, -0.25) is 9.69 Å². The van der Waals surface area contributed by atoms with E-state index in [2.05, 4.69) is 4.90 Å². The molecule has 1 saturated heterocycles. The van der Waals surface area contributed by atoms with Crippen LogP contribution in [0.25, 0.3) is 0 Å². The molecule has 1 fully saturated rings. The number of rotatable bonds is 3. The highest BCUT2D eigenvalue weighted by atomic mass is 35.5. The van der Waals surface area contributed by atoms with Crippen molar-refractivity contribution in [1.82, 2.24) is 9.80 Å². The second-order valence-corrected chi connectivity index (χ2v) is 6.92. The van der Waals surface area contributed by atoms with Crippen molar-refractivity contribution in [3.63, 3.8) is 0 Å². The molecule has 25 heavy (non-hydrogen) atoms. The molecule has 1 amide bonds. The number of hydrogen-bond acceptors (Lipinski definition) is 2. The molecule has 3 nitrogen and oxygen atoms in total. The summed E-state index contributed by atoms with van der Waals surface area (Å²) in [5.41, 5.74) is 1.03. The van der Waals surface area contributed by atoms with Crippen LogP contribution in [0.4, 0.5) is 4.39 Å². The average molecular weight is 381 g/mol. The van der Waals surface area contributed by atoms with Gasteiger partial charge in [0.15, 0.2) is 0 Å². The molecule has 0 bridgehead atoms. The van der Waals surface area contributed by atoms with E-state index in [0.717, 1.165) is 13.0 Å². The first-order chi connectivity index (χ1) is 12.1. The molecule has 0 radical (unpaired) electrons. The molecular formula is C19H19Cl2FN2O. The molecule has 0 spiro atoms. The van der Waals surface area contributed by atoms with E-state index < -0.39 is 0 Å². The van der Waals surface area contributed by atoms with Crippen molar-refractivity contribution in [2.24, 2.45) is 0 Å². The van der Waals surface area contributed by atoms with E-state index in [1.54, 1.807) is 30.3 Å². The molecule has 0 aliphatic carbocycles. The summed E-state index contributed by atoms with van der Waals surface area (Å²) in [4.78, 5) is 16.6. The lowest BCUT2D eigenvalue weighted by Crippen LogP contribution is -2.35. The topological polar surface area (TPSA) is 23.6 Å². The number of carbonyl (C=O) groups excluding carboxylic acids is 1. The molecule has 0 atom stereocenters. The molecule has 1 heterocycles. The van der Waals surface area contributed by atoms with Gasteiger partial charge in [0.05, 0.1) is 10.6 Å². The molecule has 0 saturated carbocycles. The molecule has 1 aliphatic heterocycles. The molecule has 0 unspecified atom stereocenters. The van der Waals surface area contributed by atoms with Gasteiger partial charge in [-0.05, 0) is 30.7 Å². The fraction of sp³-hybridized carbons (Fsp3) is 0.316. The van der Waals surface area contributed by atoms with Crippen molar-refractivity contribution >= 4 is 29.1 Å². The third-order valence-electron chi connectivity index (χ3n) is 4.42. The van der Waals surface area contributed by atoms with Gasteiger partial charge in [-0.15, -0.1) is 0 Å². The Labute approximate surface area is 156 Å². The lowest BCUT2D eigenvalue weighted by molar-refractivity contribution is 0.0761. The van der Waals surface area contributed by atoms with Crippen LogP contribution in [0.3, 0.4) is 0 Å². The fourth-order valence-corrected chi connectivity index (χ4v) is 3.48. The molecule has 6 heteroatoms. The Kier molecular flexibility index (Phi) is 5.94. The standard InChI is InChI=1S/C19H19Cl2FN2O/c20-16-6-2-1-5-14(16)19(25)24-10-4-9-23(11-12-24)13-15-17(21)7-3-8-18(15)22/h1-3,5-8H,4,9-13H2. The van der Waals surface area contributed by atoms with E-state index in [1.165, 1.54) is 6.07 Å². The summed E-state index contributed by atoms with van der Waals surface area (Å²) in [6.45, 7) is 3.14. The monoisotopic (exact) mass is 380 g/mol. The summed E-state index contributed by atoms with van der Waals surface area (Å²) in [5.74, 6) is -0.350. The third kappa shape index (κ3) is 4.32. The number of nitrogens with zero attached hydrogens (tertiary/aromatic N) is 2. The lowest BCUT2D eigenvalue weighted by Gasteiger charge is -2.23.